The molecule has 1 aromatic heterocycles. The van der Waals surface area contributed by atoms with E-state index in [0.717, 1.165) is 0 Å². The number of anilines is 1. The molecular formula is C22H31FN4O4S2. The van der Waals surface area contributed by atoms with Gasteiger partial charge in [0, 0.05) is 32.2 Å². The van der Waals surface area contributed by atoms with E-state index in [1.54, 1.807) is 18.2 Å². The van der Waals surface area contributed by atoms with Gasteiger partial charge in [-0.15, -0.1) is 0 Å². The van der Waals surface area contributed by atoms with Gasteiger partial charge < -0.3 is 5.32 Å². The van der Waals surface area contributed by atoms with Crippen molar-refractivity contribution in [2.24, 2.45) is 5.92 Å². The molecule has 1 saturated heterocycles. The highest BCUT2D eigenvalue weighted by Crippen LogP contribution is 2.22. The first-order chi connectivity index (χ1) is 15.4. The largest absolute Gasteiger partial charge is 0.381 e. The van der Waals surface area contributed by atoms with Crippen molar-refractivity contribution in [2.45, 2.75) is 44.3 Å². The van der Waals surface area contributed by atoms with E-state index in [1.165, 1.54) is 39.3 Å². The second-order valence-corrected chi connectivity index (χ2v) is 12.7. The highest BCUT2D eigenvalue weighted by atomic mass is 32.2. The minimum absolute atomic E-state index is 0.0530. The van der Waals surface area contributed by atoms with Gasteiger partial charge in [-0.1, -0.05) is 26.0 Å². The first-order valence-electron chi connectivity index (χ1n) is 10.9. The Morgan fingerprint density at radius 2 is 1.73 bits per heavy atom. The summed E-state index contributed by atoms with van der Waals surface area (Å²) in [6.07, 6.45) is 4.02. The number of rotatable bonds is 9. The summed E-state index contributed by atoms with van der Waals surface area (Å²) in [4.78, 5) is 4.20. The third-order valence-corrected chi connectivity index (χ3v) is 8.51. The van der Waals surface area contributed by atoms with E-state index in [2.05, 4.69) is 10.3 Å². The number of piperidine rings is 1. The molecule has 0 atom stereocenters. The van der Waals surface area contributed by atoms with Crippen molar-refractivity contribution in [1.82, 2.24) is 13.6 Å². The summed E-state index contributed by atoms with van der Waals surface area (Å²) in [7, 11) is -7.03. The molecule has 0 spiro atoms. The highest BCUT2D eigenvalue weighted by molar-refractivity contribution is 7.89. The molecule has 0 aliphatic carbocycles. The Bertz CT molecular complexity index is 1130. The number of aromatic nitrogens is 1. The van der Waals surface area contributed by atoms with Crippen LogP contribution in [-0.2, 0) is 26.6 Å². The molecule has 2 aromatic rings. The average Bonchev–Trinajstić information content (AvgIpc) is 2.74. The molecule has 0 amide bonds. The van der Waals surface area contributed by atoms with Crippen LogP contribution in [-0.4, -0.2) is 62.4 Å². The summed E-state index contributed by atoms with van der Waals surface area (Å²) in [6.45, 7) is 5.20. The monoisotopic (exact) mass is 498 g/mol. The van der Waals surface area contributed by atoms with Crippen LogP contribution in [0.2, 0.25) is 0 Å². The molecule has 2 heterocycles. The number of hydrogen-bond acceptors (Lipinski definition) is 6. The molecule has 1 N–H and O–H groups in total. The number of nitrogens with one attached hydrogen (secondary N) is 1. The van der Waals surface area contributed by atoms with E-state index in [0.29, 0.717) is 43.7 Å². The van der Waals surface area contributed by atoms with Crippen LogP contribution in [0.25, 0.3) is 0 Å². The third kappa shape index (κ3) is 6.95. The van der Waals surface area contributed by atoms with Crippen LogP contribution in [0.4, 0.5) is 10.1 Å². The summed E-state index contributed by atoms with van der Waals surface area (Å²) in [5, 5.41) is 3.26. The molecule has 8 nitrogen and oxygen atoms in total. The maximum atomic E-state index is 13.3. The summed E-state index contributed by atoms with van der Waals surface area (Å²) in [6, 6.07) is 9.02. The van der Waals surface area contributed by atoms with E-state index < -0.39 is 20.0 Å². The summed E-state index contributed by atoms with van der Waals surface area (Å²) in [5.41, 5.74) is 1.38. The van der Waals surface area contributed by atoms with Crippen molar-refractivity contribution >= 4 is 25.7 Å². The Labute approximate surface area is 195 Å². The van der Waals surface area contributed by atoms with Crippen LogP contribution in [0.15, 0.2) is 47.6 Å². The molecule has 3 rings (SSSR count). The smallest absolute Gasteiger partial charge is 0.260 e. The second-order valence-electron chi connectivity index (χ2n) is 8.78. The van der Waals surface area contributed by atoms with Crippen molar-refractivity contribution in [3.05, 3.63) is 54.0 Å². The predicted octanol–water partition coefficient (Wildman–Crippen LogP) is 2.90. The Balaban J connectivity index is 1.69. The maximum Gasteiger partial charge on any atom is 0.260 e. The molecule has 0 unspecified atom stereocenters. The Hall–Kier alpha value is -2.08. The normalized spacial score (nSPS) is 16.4. The van der Waals surface area contributed by atoms with Gasteiger partial charge in [0.25, 0.3) is 10.0 Å². The van der Waals surface area contributed by atoms with E-state index in [4.69, 9.17) is 0 Å². The molecule has 0 radical (unpaired) electrons. The van der Waals surface area contributed by atoms with Gasteiger partial charge in [-0.3, -0.25) is 0 Å². The van der Waals surface area contributed by atoms with Crippen molar-refractivity contribution in [1.29, 1.82) is 0 Å². The van der Waals surface area contributed by atoms with Crippen molar-refractivity contribution < 1.29 is 21.2 Å². The Morgan fingerprint density at radius 3 is 2.24 bits per heavy atom. The zero-order chi connectivity index (χ0) is 24.2. The fourth-order valence-corrected chi connectivity index (χ4v) is 6.14. The van der Waals surface area contributed by atoms with Crippen LogP contribution in [0.5, 0.6) is 0 Å². The van der Waals surface area contributed by atoms with Crippen molar-refractivity contribution in [3.63, 3.8) is 0 Å². The number of pyridine rings is 1. The number of hydrogen-bond donors (Lipinski definition) is 1. The number of nitrogens with zero attached hydrogens (tertiary/aromatic N) is 3. The molecule has 1 aliphatic heterocycles. The molecular weight excluding hydrogens is 467 g/mol. The van der Waals surface area contributed by atoms with E-state index in [1.807, 2.05) is 13.8 Å². The Kier molecular flexibility index (Phi) is 8.09. The second kappa shape index (κ2) is 10.5. The molecule has 33 heavy (non-hydrogen) atoms. The van der Waals surface area contributed by atoms with Crippen LogP contribution in [0.3, 0.4) is 0 Å². The fourth-order valence-electron chi connectivity index (χ4n) is 3.77. The average molecular weight is 499 g/mol. The van der Waals surface area contributed by atoms with E-state index in [-0.39, 0.29) is 29.3 Å². The first kappa shape index (κ1) is 25.5. The predicted molar refractivity (Wildman–Crippen MR) is 126 cm³/mol. The summed E-state index contributed by atoms with van der Waals surface area (Å²) >= 11 is 0. The van der Waals surface area contributed by atoms with Gasteiger partial charge in [-0.05, 0) is 48.6 Å². The van der Waals surface area contributed by atoms with Crippen LogP contribution < -0.4 is 5.32 Å². The minimum Gasteiger partial charge on any atom is -0.381 e. The molecule has 1 aliphatic rings. The van der Waals surface area contributed by atoms with Gasteiger partial charge in [0.2, 0.25) is 10.0 Å². The van der Waals surface area contributed by atoms with Gasteiger partial charge in [-0.2, -0.15) is 4.31 Å². The lowest BCUT2D eigenvalue weighted by atomic mass is 10.1. The SMILES string of the molecule is CC(C)CN(Cc1ccc(F)cc1)S(=O)(=O)c1ccc(NC2CCN(S(C)(=O)=O)CC2)cn1. The standard InChI is InChI=1S/C22H31FN4O4S2/c1-17(2)15-27(16-18-4-6-19(23)7-5-18)33(30,31)22-9-8-21(14-24-22)25-20-10-12-26(13-11-20)32(3,28)29/h4-9,14,17,20,25H,10-13,15-16H2,1-3H3. The molecule has 11 heteroatoms. The fraction of sp³-hybridized carbons (Fsp3) is 0.500. The van der Waals surface area contributed by atoms with Crippen LogP contribution in [0, 0.1) is 11.7 Å². The summed E-state index contributed by atoms with van der Waals surface area (Å²) in [5.74, 6) is -0.275. The lowest BCUT2D eigenvalue weighted by Crippen LogP contribution is -2.41. The van der Waals surface area contributed by atoms with Gasteiger partial charge in [0.05, 0.1) is 18.1 Å². The lowest BCUT2D eigenvalue weighted by molar-refractivity contribution is 0.332. The Morgan fingerprint density at radius 1 is 1.09 bits per heavy atom. The number of halogens is 1. The van der Waals surface area contributed by atoms with Crippen LogP contribution >= 0.6 is 0 Å². The van der Waals surface area contributed by atoms with E-state index >= 15 is 0 Å². The quantitative estimate of drug-likeness (QED) is 0.571. The molecule has 0 saturated carbocycles. The highest BCUT2D eigenvalue weighted by Gasteiger charge is 2.28. The zero-order valence-corrected chi connectivity index (χ0v) is 20.7. The third-order valence-electron chi connectivity index (χ3n) is 5.48. The molecule has 1 fully saturated rings. The van der Waals surface area contributed by atoms with Gasteiger partial charge in [-0.25, -0.2) is 30.5 Å². The molecule has 182 valence electrons. The number of sulfonamides is 2. The van der Waals surface area contributed by atoms with Gasteiger partial charge >= 0.3 is 0 Å². The van der Waals surface area contributed by atoms with E-state index in [9.17, 15) is 21.2 Å². The topological polar surface area (TPSA) is 99.7 Å². The minimum atomic E-state index is -3.85. The zero-order valence-electron chi connectivity index (χ0n) is 19.1. The maximum absolute atomic E-state index is 13.3. The van der Waals surface area contributed by atoms with Gasteiger partial charge in [0.1, 0.15) is 5.82 Å². The number of benzene rings is 1. The van der Waals surface area contributed by atoms with Crippen molar-refractivity contribution in [3.8, 4) is 0 Å². The van der Waals surface area contributed by atoms with Crippen LogP contribution in [0.1, 0.15) is 32.3 Å². The summed E-state index contributed by atoms with van der Waals surface area (Å²) < 4.78 is 65.9. The molecule has 0 bridgehead atoms. The van der Waals surface area contributed by atoms with Crippen molar-refractivity contribution in [2.75, 3.05) is 31.2 Å². The lowest BCUT2D eigenvalue weighted by Gasteiger charge is -2.31. The van der Waals surface area contributed by atoms with Gasteiger partial charge in [0.15, 0.2) is 5.03 Å². The first-order valence-corrected chi connectivity index (χ1v) is 14.2. The molecule has 1 aromatic carbocycles.